The molecule has 0 saturated carbocycles. The number of fused-ring (bicyclic) bond motifs is 1. The number of hydrogen-bond acceptors (Lipinski definition) is 3. The van der Waals surface area contributed by atoms with Crippen molar-refractivity contribution in [2.75, 3.05) is 31.7 Å². The van der Waals surface area contributed by atoms with Gasteiger partial charge >= 0.3 is 0 Å². The Morgan fingerprint density at radius 1 is 1.42 bits per heavy atom. The second-order valence-corrected chi connectivity index (χ2v) is 5.35. The van der Waals surface area contributed by atoms with E-state index in [1.165, 1.54) is 11.1 Å². The number of amides is 1. The Morgan fingerprint density at radius 3 is 3.11 bits per heavy atom. The van der Waals surface area contributed by atoms with Crippen LogP contribution in [0.5, 0.6) is 0 Å². The van der Waals surface area contributed by atoms with Crippen LogP contribution in [0.3, 0.4) is 0 Å². The topological polar surface area (TPSA) is 41.6 Å². The second-order valence-electron chi connectivity index (χ2n) is 5.35. The Kier molecular flexibility index (Phi) is 3.53. The number of carbonyl (C=O) groups excluding carboxylic acids is 1. The van der Waals surface area contributed by atoms with Gasteiger partial charge in [0.05, 0.1) is 13.2 Å². The number of hydrogen-bond donors (Lipinski definition) is 1. The third kappa shape index (κ3) is 2.65. The minimum atomic E-state index is 0.211. The van der Waals surface area contributed by atoms with Gasteiger partial charge in [-0.1, -0.05) is 12.1 Å². The van der Waals surface area contributed by atoms with Gasteiger partial charge in [-0.3, -0.25) is 4.79 Å². The van der Waals surface area contributed by atoms with E-state index in [2.05, 4.69) is 23.5 Å². The molecule has 0 aliphatic carbocycles. The van der Waals surface area contributed by atoms with Gasteiger partial charge in [0, 0.05) is 31.7 Å². The van der Waals surface area contributed by atoms with Crippen molar-refractivity contribution in [1.29, 1.82) is 0 Å². The van der Waals surface area contributed by atoms with Crippen LogP contribution in [0.1, 0.15) is 17.5 Å². The van der Waals surface area contributed by atoms with Crippen LogP contribution in [-0.4, -0.2) is 38.8 Å². The fraction of sp³-hybridized carbons (Fsp3) is 0.533. The number of nitrogens with zero attached hydrogens (tertiary/aromatic N) is 1. The Morgan fingerprint density at radius 2 is 2.32 bits per heavy atom. The standard InChI is InChI=1S/C15H20N2O2/c1-17-14-4-2-11(8-12(14)3-5-15(17)18)9-13-10-19-7-6-16-13/h2,4,8,13,16H,3,5-7,9-10H2,1H3. The lowest BCUT2D eigenvalue weighted by Gasteiger charge is -2.27. The number of rotatable bonds is 2. The third-order valence-corrected chi connectivity index (χ3v) is 3.97. The summed E-state index contributed by atoms with van der Waals surface area (Å²) in [6.07, 6.45) is 2.48. The number of anilines is 1. The molecule has 2 aliphatic rings. The number of aryl methyl sites for hydroxylation is 1. The smallest absolute Gasteiger partial charge is 0.227 e. The highest BCUT2D eigenvalue weighted by Gasteiger charge is 2.21. The first-order valence-corrected chi connectivity index (χ1v) is 6.93. The van der Waals surface area contributed by atoms with Gasteiger partial charge in [0.25, 0.3) is 0 Å². The molecule has 3 rings (SSSR count). The van der Waals surface area contributed by atoms with Gasteiger partial charge in [0.1, 0.15) is 0 Å². The molecule has 19 heavy (non-hydrogen) atoms. The molecule has 4 nitrogen and oxygen atoms in total. The predicted octanol–water partition coefficient (Wildman–Crippen LogP) is 1.13. The number of benzene rings is 1. The van der Waals surface area contributed by atoms with E-state index in [0.717, 1.165) is 38.3 Å². The summed E-state index contributed by atoms with van der Waals surface area (Å²) in [7, 11) is 1.86. The fourth-order valence-electron chi connectivity index (χ4n) is 2.87. The van der Waals surface area contributed by atoms with Crippen molar-refractivity contribution in [3.05, 3.63) is 29.3 Å². The van der Waals surface area contributed by atoms with Crippen LogP contribution in [0.2, 0.25) is 0 Å². The summed E-state index contributed by atoms with van der Waals surface area (Å²) in [6.45, 7) is 2.54. The molecule has 1 saturated heterocycles. The Labute approximate surface area is 113 Å². The molecule has 1 fully saturated rings. The summed E-state index contributed by atoms with van der Waals surface area (Å²) in [6, 6.07) is 6.86. The van der Waals surface area contributed by atoms with Crippen LogP contribution < -0.4 is 10.2 Å². The molecule has 1 aromatic rings. The lowest BCUT2D eigenvalue weighted by molar-refractivity contribution is -0.118. The van der Waals surface area contributed by atoms with Gasteiger partial charge in [0.15, 0.2) is 0 Å². The first-order valence-electron chi connectivity index (χ1n) is 6.93. The quantitative estimate of drug-likeness (QED) is 0.866. The number of ether oxygens (including phenoxy) is 1. The van der Waals surface area contributed by atoms with E-state index in [1.807, 2.05) is 7.05 Å². The molecule has 2 aliphatic heterocycles. The zero-order valence-corrected chi connectivity index (χ0v) is 11.3. The van der Waals surface area contributed by atoms with Crippen molar-refractivity contribution in [3.63, 3.8) is 0 Å². The highest BCUT2D eigenvalue weighted by Crippen LogP contribution is 2.27. The van der Waals surface area contributed by atoms with Gasteiger partial charge < -0.3 is 15.0 Å². The van der Waals surface area contributed by atoms with E-state index in [9.17, 15) is 4.79 Å². The van der Waals surface area contributed by atoms with Gasteiger partial charge in [-0.05, 0) is 30.0 Å². The van der Waals surface area contributed by atoms with Crippen LogP contribution in [-0.2, 0) is 22.4 Å². The van der Waals surface area contributed by atoms with Crippen molar-refractivity contribution < 1.29 is 9.53 Å². The average molecular weight is 260 g/mol. The number of nitrogens with one attached hydrogen (secondary N) is 1. The third-order valence-electron chi connectivity index (χ3n) is 3.97. The maximum Gasteiger partial charge on any atom is 0.227 e. The number of carbonyl (C=O) groups is 1. The van der Waals surface area contributed by atoms with Crippen LogP contribution in [0, 0.1) is 0 Å². The maximum atomic E-state index is 11.7. The largest absolute Gasteiger partial charge is 0.379 e. The normalized spacial score (nSPS) is 23.3. The van der Waals surface area contributed by atoms with Crippen LogP contribution in [0.4, 0.5) is 5.69 Å². The summed E-state index contributed by atoms with van der Waals surface area (Å²) in [5.41, 5.74) is 3.67. The summed E-state index contributed by atoms with van der Waals surface area (Å²) in [5.74, 6) is 0.211. The first-order chi connectivity index (χ1) is 9.24. The summed E-state index contributed by atoms with van der Waals surface area (Å²) < 4.78 is 5.48. The van der Waals surface area contributed by atoms with E-state index < -0.39 is 0 Å². The molecular formula is C15H20N2O2. The average Bonchev–Trinajstić information content (AvgIpc) is 2.44. The van der Waals surface area contributed by atoms with Crippen LogP contribution in [0.15, 0.2) is 18.2 Å². The van der Waals surface area contributed by atoms with E-state index in [0.29, 0.717) is 12.5 Å². The lowest BCUT2D eigenvalue weighted by atomic mass is 9.96. The molecule has 1 unspecified atom stereocenters. The van der Waals surface area contributed by atoms with Crippen LogP contribution in [0.25, 0.3) is 0 Å². The molecule has 0 aromatic heterocycles. The van der Waals surface area contributed by atoms with E-state index >= 15 is 0 Å². The van der Waals surface area contributed by atoms with Crippen molar-refractivity contribution in [2.24, 2.45) is 0 Å². The fourth-order valence-corrected chi connectivity index (χ4v) is 2.87. The van der Waals surface area contributed by atoms with E-state index in [1.54, 1.807) is 4.90 Å². The van der Waals surface area contributed by atoms with Gasteiger partial charge in [-0.25, -0.2) is 0 Å². The van der Waals surface area contributed by atoms with Crippen molar-refractivity contribution in [3.8, 4) is 0 Å². The Hall–Kier alpha value is -1.39. The molecule has 0 radical (unpaired) electrons. The molecule has 1 amide bonds. The van der Waals surface area contributed by atoms with Gasteiger partial charge in [-0.15, -0.1) is 0 Å². The van der Waals surface area contributed by atoms with Gasteiger partial charge in [0.2, 0.25) is 5.91 Å². The minimum Gasteiger partial charge on any atom is -0.379 e. The van der Waals surface area contributed by atoms with E-state index in [4.69, 9.17) is 4.74 Å². The molecular weight excluding hydrogens is 240 g/mol. The van der Waals surface area contributed by atoms with E-state index in [-0.39, 0.29) is 5.91 Å². The second kappa shape index (κ2) is 5.31. The summed E-state index contributed by atoms with van der Waals surface area (Å²) in [4.78, 5) is 13.4. The molecule has 102 valence electrons. The first kappa shape index (κ1) is 12.6. The zero-order chi connectivity index (χ0) is 13.2. The summed E-state index contributed by atoms with van der Waals surface area (Å²) >= 11 is 0. The predicted molar refractivity (Wildman–Crippen MR) is 74.5 cm³/mol. The van der Waals surface area contributed by atoms with Crippen molar-refractivity contribution >= 4 is 11.6 Å². The van der Waals surface area contributed by atoms with Crippen molar-refractivity contribution in [1.82, 2.24) is 5.32 Å². The minimum absolute atomic E-state index is 0.211. The summed E-state index contributed by atoms with van der Waals surface area (Å²) in [5, 5.41) is 3.47. The monoisotopic (exact) mass is 260 g/mol. The van der Waals surface area contributed by atoms with Gasteiger partial charge in [-0.2, -0.15) is 0 Å². The molecule has 0 spiro atoms. The highest BCUT2D eigenvalue weighted by atomic mass is 16.5. The Balaban J connectivity index is 1.76. The number of morpholine rings is 1. The highest BCUT2D eigenvalue weighted by molar-refractivity contribution is 5.95. The van der Waals surface area contributed by atoms with Crippen LogP contribution >= 0.6 is 0 Å². The molecule has 1 N–H and O–H groups in total. The Bertz CT molecular complexity index is 481. The SMILES string of the molecule is CN1C(=O)CCc2cc(CC3COCCN3)ccc21. The van der Waals surface area contributed by atoms with Crippen molar-refractivity contribution in [2.45, 2.75) is 25.3 Å². The maximum absolute atomic E-state index is 11.7. The zero-order valence-electron chi connectivity index (χ0n) is 11.3. The molecule has 4 heteroatoms. The molecule has 1 aromatic carbocycles. The molecule has 1 atom stereocenters. The molecule has 0 bridgehead atoms. The molecule has 2 heterocycles. The lowest BCUT2D eigenvalue weighted by Crippen LogP contribution is -2.42.